The first kappa shape index (κ1) is 32.2. The van der Waals surface area contributed by atoms with Gasteiger partial charge in [0.1, 0.15) is 11.6 Å². The standard InChI is InChI=1S/C33H51N3O6/c1-6-7-15-24(28(38)30(40)34-19-16-25(37)42-33(5)17-11-12-18-33)35-29(39)27-26-23(32(26,3)4)20-36(27)31(41)21(2)22-13-9-8-10-14-22/h6,21-24,26-27H,1,7-20H2,2-5H3,(H,34,40)(H,35,39)/t21-,23-,24-,26-,27-/m0/s1. The average Bonchev–Trinajstić information content (AvgIpc) is 3.32. The summed E-state index contributed by atoms with van der Waals surface area (Å²) in [6, 6.07) is -1.70. The highest BCUT2D eigenvalue weighted by molar-refractivity contribution is 6.38. The van der Waals surface area contributed by atoms with Gasteiger partial charge in [-0.05, 0) is 81.5 Å². The Labute approximate surface area is 250 Å². The largest absolute Gasteiger partial charge is 0.459 e. The van der Waals surface area contributed by atoms with E-state index in [1.807, 2.05) is 13.8 Å². The number of hydrogen-bond acceptors (Lipinski definition) is 6. The Balaban J connectivity index is 1.36. The number of fused-ring (bicyclic) bond motifs is 1. The lowest BCUT2D eigenvalue weighted by molar-refractivity contribution is -0.157. The summed E-state index contributed by atoms with van der Waals surface area (Å²) in [5.41, 5.74) is -0.509. The number of Topliss-reactive ketones (excluding diaryl/α,β-unsaturated/α-hetero) is 1. The number of nitrogens with one attached hydrogen (secondary N) is 2. The lowest BCUT2D eigenvalue weighted by Crippen LogP contribution is -2.56. The molecule has 0 radical (unpaired) electrons. The minimum atomic E-state index is -1.05. The summed E-state index contributed by atoms with van der Waals surface area (Å²) in [6.45, 7) is 12.4. The van der Waals surface area contributed by atoms with Gasteiger partial charge >= 0.3 is 5.97 Å². The number of hydrogen-bond donors (Lipinski definition) is 2. The van der Waals surface area contributed by atoms with Gasteiger partial charge in [0.25, 0.3) is 5.91 Å². The maximum absolute atomic E-state index is 13.8. The zero-order chi connectivity index (χ0) is 30.7. The van der Waals surface area contributed by atoms with Crippen molar-refractivity contribution >= 4 is 29.5 Å². The Hall–Kier alpha value is -2.71. The van der Waals surface area contributed by atoms with Crippen LogP contribution in [0.15, 0.2) is 12.7 Å². The molecule has 3 aliphatic carbocycles. The molecule has 0 aromatic carbocycles. The van der Waals surface area contributed by atoms with E-state index < -0.39 is 35.3 Å². The Morgan fingerprint density at radius 2 is 1.69 bits per heavy atom. The molecule has 3 saturated carbocycles. The van der Waals surface area contributed by atoms with Gasteiger partial charge in [-0.2, -0.15) is 0 Å². The highest BCUT2D eigenvalue weighted by atomic mass is 16.6. The molecule has 0 unspecified atom stereocenters. The predicted octanol–water partition coefficient (Wildman–Crippen LogP) is 4.09. The number of ketones is 1. The van der Waals surface area contributed by atoms with E-state index in [2.05, 4.69) is 31.1 Å². The van der Waals surface area contributed by atoms with Crippen LogP contribution in [0.5, 0.6) is 0 Å². The molecule has 4 aliphatic rings. The number of esters is 1. The third-order valence-corrected chi connectivity index (χ3v) is 10.7. The van der Waals surface area contributed by atoms with Crippen LogP contribution in [-0.2, 0) is 28.7 Å². The number of piperidine rings is 1. The highest BCUT2D eigenvalue weighted by Crippen LogP contribution is 2.65. The van der Waals surface area contributed by atoms with Gasteiger partial charge in [0.05, 0.1) is 12.5 Å². The van der Waals surface area contributed by atoms with E-state index in [4.69, 9.17) is 4.74 Å². The maximum Gasteiger partial charge on any atom is 0.308 e. The molecule has 1 heterocycles. The molecule has 234 valence electrons. The normalized spacial score (nSPS) is 27.3. The minimum absolute atomic E-state index is 0.0233. The first-order valence-corrected chi connectivity index (χ1v) is 16.2. The SMILES string of the molecule is C=CCC[C@H](NC(=O)[C@@H]1[C@@H]2[C@H](CN1C(=O)[C@@H](C)C1CCCCC1)C2(C)C)C(=O)C(=O)NCCC(=O)OC1(C)CCCC1. The van der Waals surface area contributed by atoms with Gasteiger partial charge < -0.3 is 20.3 Å². The van der Waals surface area contributed by atoms with Crippen LogP contribution in [-0.4, -0.2) is 65.1 Å². The summed E-state index contributed by atoms with van der Waals surface area (Å²) >= 11 is 0. The molecule has 0 aromatic rings. The molecular formula is C33H51N3O6. The fourth-order valence-corrected chi connectivity index (χ4v) is 7.80. The summed E-state index contributed by atoms with van der Waals surface area (Å²) in [6.07, 6.45) is 11.5. The van der Waals surface area contributed by atoms with Crippen molar-refractivity contribution in [3.8, 4) is 0 Å². The van der Waals surface area contributed by atoms with Crippen LogP contribution in [0.2, 0.25) is 0 Å². The molecule has 9 heteroatoms. The third-order valence-electron chi connectivity index (χ3n) is 10.7. The van der Waals surface area contributed by atoms with Crippen LogP contribution in [0, 0.1) is 29.1 Å². The monoisotopic (exact) mass is 585 g/mol. The van der Waals surface area contributed by atoms with Gasteiger partial charge in [-0.1, -0.05) is 46.1 Å². The molecule has 0 bridgehead atoms. The molecule has 3 amide bonds. The molecule has 5 atom stereocenters. The molecule has 0 spiro atoms. The van der Waals surface area contributed by atoms with E-state index >= 15 is 0 Å². The Morgan fingerprint density at radius 3 is 2.33 bits per heavy atom. The van der Waals surface area contributed by atoms with E-state index in [9.17, 15) is 24.0 Å². The van der Waals surface area contributed by atoms with Gasteiger partial charge in [0.2, 0.25) is 17.6 Å². The minimum Gasteiger partial charge on any atom is -0.459 e. The van der Waals surface area contributed by atoms with Gasteiger partial charge in [0.15, 0.2) is 0 Å². The Bertz CT molecular complexity index is 1060. The lowest BCUT2D eigenvalue weighted by Gasteiger charge is -2.35. The molecule has 0 aromatic heterocycles. The third kappa shape index (κ3) is 7.08. The molecule has 42 heavy (non-hydrogen) atoms. The topological polar surface area (TPSA) is 122 Å². The van der Waals surface area contributed by atoms with Crippen molar-refractivity contribution in [3.05, 3.63) is 12.7 Å². The first-order valence-electron chi connectivity index (χ1n) is 16.2. The fourth-order valence-electron chi connectivity index (χ4n) is 7.80. The average molecular weight is 586 g/mol. The maximum atomic E-state index is 13.8. The summed E-state index contributed by atoms with van der Waals surface area (Å²) in [7, 11) is 0. The number of amides is 3. The van der Waals surface area contributed by atoms with Crippen LogP contribution in [0.1, 0.15) is 105 Å². The number of carbonyl (C=O) groups is 5. The van der Waals surface area contributed by atoms with Crippen LogP contribution < -0.4 is 10.6 Å². The van der Waals surface area contributed by atoms with Crippen molar-refractivity contribution in [2.75, 3.05) is 13.1 Å². The van der Waals surface area contributed by atoms with E-state index in [0.29, 0.717) is 18.9 Å². The van der Waals surface area contributed by atoms with Gasteiger partial charge in [0, 0.05) is 19.0 Å². The first-order chi connectivity index (χ1) is 19.9. The lowest BCUT2D eigenvalue weighted by atomic mass is 9.80. The van der Waals surface area contributed by atoms with Crippen LogP contribution in [0.25, 0.3) is 0 Å². The summed E-state index contributed by atoms with van der Waals surface area (Å²) in [5, 5.41) is 5.37. The molecule has 9 nitrogen and oxygen atoms in total. The smallest absolute Gasteiger partial charge is 0.308 e. The number of carbonyl (C=O) groups excluding carboxylic acids is 5. The van der Waals surface area contributed by atoms with Crippen LogP contribution >= 0.6 is 0 Å². The molecule has 4 fully saturated rings. The zero-order valence-electron chi connectivity index (χ0n) is 26.0. The van der Waals surface area contributed by atoms with E-state index in [-0.39, 0.29) is 54.4 Å². The summed E-state index contributed by atoms with van der Waals surface area (Å²) in [5.74, 6) is -1.91. The van der Waals surface area contributed by atoms with E-state index in [1.54, 1.807) is 11.0 Å². The number of nitrogens with zero attached hydrogens (tertiary/aromatic N) is 1. The molecule has 4 rings (SSSR count). The van der Waals surface area contributed by atoms with E-state index in [1.165, 1.54) is 6.42 Å². The molecule has 2 N–H and O–H groups in total. The zero-order valence-corrected chi connectivity index (χ0v) is 26.0. The number of allylic oxidation sites excluding steroid dienone is 1. The Kier molecular flexibility index (Phi) is 10.2. The number of rotatable bonds is 13. The number of likely N-dealkylation sites (tertiary alicyclic amines) is 1. The van der Waals surface area contributed by atoms with Crippen LogP contribution in [0.3, 0.4) is 0 Å². The van der Waals surface area contributed by atoms with Crippen molar-refractivity contribution in [1.29, 1.82) is 0 Å². The van der Waals surface area contributed by atoms with Gasteiger partial charge in [-0.3, -0.25) is 24.0 Å². The predicted molar refractivity (Wildman–Crippen MR) is 159 cm³/mol. The second kappa shape index (κ2) is 13.3. The highest BCUT2D eigenvalue weighted by Gasteiger charge is 2.69. The van der Waals surface area contributed by atoms with Crippen LogP contribution in [0.4, 0.5) is 0 Å². The van der Waals surface area contributed by atoms with Crippen molar-refractivity contribution in [2.45, 2.75) is 122 Å². The number of ether oxygens (including phenoxy) is 1. The van der Waals surface area contributed by atoms with Crippen molar-refractivity contribution in [2.24, 2.45) is 29.1 Å². The second-order valence-corrected chi connectivity index (χ2v) is 14.0. The summed E-state index contributed by atoms with van der Waals surface area (Å²) < 4.78 is 5.59. The van der Waals surface area contributed by atoms with Gasteiger partial charge in [-0.25, -0.2) is 0 Å². The summed E-state index contributed by atoms with van der Waals surface area (Å²) in [4.78, 5) is 67.5. The van der Waals surface area contributed by atoms with Gasteiger partial charge in [-0.15, -0.1) is 6.58 Å². The second-order valence-electron chi connectivity index (χ2n) is 14.0. The molecule has 1 aliphatic heterocycles. The van der Waals surface area contributed by atoms with Crippen molar-refractivity contribution in [3.63, 3.8) is 0 Å². The molecular weight excluding hydrogens is 534 g/mol. The Morgan fingerprint density at radius 1 is 1.02 bits per heavy atom. The van der Waals surface area contributed by atoms with E-state index in [0.717, 1.165) is 51.4 Å². The van der Waals surface area contributed by atoms with Crippen molar-refractivity contribution < 1.29 is 28.7 Å². The van der Waals surface area contributed by atoms with Crippen molar-refractivity contribution in [1.82, 2.24) is 15.5 Å². The fraction of sp³-hybridized carbons (Fsp3) is 0.788. The molecule has 1 saturated heterocycles. The quantitative estimate of drug-likeness (QED) is 0.191.